The summed E-state index contributed by atoms with van der Waals surface area (Å²) in [4.78, 5) is 0. The summed E-state index contributed by atoms with van der Waals surface area (Å²) in [6.07, 6.45) is 6.36. The van der Waals surface area contributed by atoms with Gasteiger partial charge in [0.1, 0.15) is 9.12 Å². The van der Waals surface area contributed by atoms with Gasteiger partial charge in [-0.1, -0.05) is 0 Å². The minimum Gasteiger partial charge on any atom is -0.279 e. The van der Waals surface area contributed by atoms with Crippen LogP contribution in [0.5, 0.6) is 0 Å². The average Bonchev–Trinajstić information content (AvgIpc) is 1.95. The lowest BCUT2D eigenvalue weighted by atomic mass is 9.39. The minimum absolute atomic E-state index is 1.24. The van der Waals surface area contributed by atoms with Gasteiger partial charge >= 0.3 is 0 Å². The van der Waals surface area contributed by atoms with Crippen molar-refractivity contribution in [2.45, 2.75) is 25.7 Å². The summed E-state index contributed by atoms with van der Waals surface area (Å²) >= 11 is 0. The molecule has 0 amide bonds. The van der Waals surface area contributed by atoms with Gasteiger partial charge in [0.25, 0.3) is 0 Å². The van der Waals surface area contributed by atoms with Gasteiger partial charge in [-0.05, 0) is 49.4 Å². The molecule has 0 heterocycles. The van der Waals surface area contributed by atoms with E-state index in [2.05, 4.69) is 0 Å². The van der Waals surface area contributed by atoms with Crippen molar-refractivity contribution in [2.75, 3.05) is 0 Å². The largest absolute Gasteiger partial charge is 0.279 e. The number of hydrogen-bond acceptors (Lipinski definition) is 1. The van der Waals surface area contributed by atoms with Crippen LogP contribution in [-0.4, -0.2) is 0 Å². The Bertz CT molecular complexity index is 108. The van der Waals surface area contributed by atoms with Gasteiger partial charge in [-0.25, -0.2) is 0 Å². The molecule has 0 unspecified atom stereocenters. The Morgan fingerprint density at radius 2 is 0.900 bits per heavy atom. The SMILES string of the molecule is C1CC2C1C1CCC21.O=P. The number of hydrogen-bond donors (Lipinski definition) is 0. The topological polar surface area (TPSA) is 17.1 Å². The highest BCUT2D eigenvalue weighted by atomic mass is 31.0. The molecule has 0 bridgehead atoms. The van der Waals surface area contributed by atoms with Gasteiger partial charge in [0, 0.05) is 0 Å². The van der Waals surface area contributed by atoms with Crippen LogP contribution in [0.3, 0.4) is 0 Å². The number of fused-ring (bicyclic) bond motifs is 4. The van der Waals surface area contributed by atoms with Gasteiger partial charge in [-0.15, -0.1) is 0 Å². The Morgan fingerprint density at radius 3 is 1.00 bits per heavy atom. The summed E-state index contributed by atoms with van der Waals surface area (Å²) in [5.74, 6) is 4.98. The Balaban J connectivity index is 0.000000188. The van der Waals surface area contributed by atoms with Crippen LogP contribution in [-0.2, 0) is 4.57 Å². The van der Waals surface area contributed by atoms with Gasteiger partial charge in [-0.3, -0.25) is 4.57 Å². The van der Waals surface area contributed by atoms with E-state index in [0.29, 0.717) is 0 Å². The summed E-state index contributed by atoms with van der Waals surface area (Å²) in [5, 5.41) is 0. The highest BCUT2D eigenvalue weighted by molar-refractivity contribution is 7.00. The van der Waals surface area contributed by atoms with Gasteiger partial charge in [0.15, 0.2) is 0 Å². The molecule has 3 aliphatic carbocycles. The zero-order chi connectivity index (χ0) is 7.14. The van der Waals surface area contributed by atoms with Crippen LogP contribution in [0.1, 0.15) is 25.7 Å². The zero-order valence-corrected chi connectivity index (χ0v) is 7.05. The first-order valence-corrected chi connectivity index (χ1v) is 4.58. The summed E-state index contributed by atoms with van der Waals surface area (Å²) in [5.41, 5.74) is 0. The molecule has 0 atom stereocenters. The molecular weight excluding hydrogens is 143 g/mol. The van der Waals surface area contributed by atoms with Gasteiger partial charge in [0.05, 0.1) is 0 Å². The first-order chi connectivity index (χ1) is 4.97. The second kappa shape index (κ2) is 2.30. The Hall–Kier alpha value is 0.100. The monoisotopic (exact) mass is 156 g/mol. The second-order valence-electron chi connectivity index (χ2n) is 3.81. The standard InChI is InChI=1S/C8H12.HOP/c1-2-6-5(1)7-3-4-8(6)7;1-2/h5-8H,1-4H2;2H. The molecule has 0 aromatic heterocycles. The molecule has 3 saturated carbocycles. The van der Waals surface area contributed by atoms with E-state index >= 15 is 0 Å². The van der Waals surface area contributed by atoms with Crippen LogP contribution in [0.4, 0.5) is 0 Å². The molecule has 10 heavy (non-hydrogen) atoms. The maximum Gasteiger partial charge on any atom is 0.138 e. The second-order valence-corrected chi connectivity index (χ2v) is 3.81. The smallest absolute Gasteiger partial charge is 0.138 e. The fourth-order valence-electron chi connectivity index (χ4n) is 3.08. The van der Waals surface area contributed by atoms with Crippen LogP contribution in [0.25, 0.3) is 0 Å². The normalized spacial score (nSPS) is 53.2. The predicted octanol–water partition coefficient (Wildman–Crippen LogP) is 2.53. The van der Waals surface area contributed by atoms with E-state index in [1.54, 1.807) is 34.8 Å². The first kappa shape index (κ1) is 6.79. The molecule has 1 nitrogen and oxygen atoms in total. The van der Waals surface area contributed by atoms with Gasteiger partial charge in [0.2, 0.25) is 0 Å². The van der Waals surface area contributed by atoms with E-state index in [0.717, 1.165) is 0 Å². The molecule has 3 fully saturated rings. The van der Waals surface area contributed by atoms with Crippen LogP contribution in [0.2, 0.25) is 0 Å². The Kier molecular flexibility index (Phi) is 1.56. The highest BCUT2D eigenvalue weighted by Crippen LogP contribution is 2.66. The van der Waals surface area contributed by atoms with E-state index in [9.17, 15) is 0 Å². The Morgan fingerprint density at radius 1 is 0.700 bits per heavy atom. The summed E-state index contributed by atoms with van der Waals surface area (Å²) < 4.78 is 8.06. The van der Waals surface area contributed by atoms with Crippen molar-refractivity contribution in [2.24, 2.45) is 23.7 Å². The molecule has 0 aliphatic heterocycles. The maximum absolute atomic E-state index is 8.06. The molecule has 0 spiro atoms. The maximum atomic E-state index is 8.06. The minimum atomic E-state index is 1.24. The molecule has 2 heteroatoms. The lowest BCUT2D eigenvalue weighted by molar-refractivity contribution is -0.165. The molecule has 0 saturated heterocycles. The summed E-state index contributed by atoms with van der Waals surface area (Å²) in [6, 6.07) is 0. The van der Waals surface area contributed by atoms with Crippen molar-refractivity contribution in [3.63, 3.8) is 0 Å². The molecule has 0 aromatic rings. The predicted molar refractivity (Wildman–Crippen MR) is 41.4 cm³/mol. The van der Waals surface area contributed by atoms with E-state index in [4.69, 9.17) is 4.57 Å². The third kappa shape index (κ3) is 0.599. The van der Waals surface area contributed by atoms with Gasteiger partial charge in [-0.2, -0.15) is 0 Å². The summed E-state index contributed by atoms with van der Waals surface area (Å²) in [7, 11) is 1.72. The average molecular weight is 156 g/mol. The third-order valence-electron chi connectivity index (χ3n) is 3.87. The zero-order valence-electron chi connectivity index (χ0n) is 6.05. The fourth-order valence-corrected chi connectivity index (χ4v) is 3.08. The molecule has 3 aliphatic rings. The molecule has 0 aromatic carbocycles. The lowest BCUT2D eigenvalue weighted by Gasteiger charge is -2.66. The van der Waals surface area contributed by atoms with Crippen molar-refractivity contribution in [3.8, 4) is 0 Å². The van der Waals surface area contributed by atoms with Crippen LogP contribution in [0, 0.1) is 23.7 Å². The molecule has 3 rings (SSSR count). The molecule has 56 valence electrons. The third-order valence-corrected chi connectivity index (χ3v) is 3.87. The first-order valence-electron chi connectivity index (χ1n) is 4.17. The van der Waals surface area contributed by atoms with Crippen molar-refractivity contribution >= 4 is 9.12 Å². The molecular formula is C8H13OP. The van der Waals surface area contributed by atoms with E-state index in [1.165, 1.54) is 23.7 Å². The summed E-state index contributed by atoms with van der Waals surface area (Å²) in [6.45, 7) is 0. The number of rotatable bonds is 0. The van der Waals surface area contributed by atoms with Crippen LogP contribution in [0.15, 0.2) is 0 Å². The molecule has 0 radical (unpaired) electrons. The van der Waals surface area contributed by atoms with Crippen molar-refractivity contribution in [1.82, 2.24) is 0 Å². The van der Waals surface area contributed by atoms with E-state index in [1.807, 2.05) is 0 Å². The van der Waals surface area contributed by atoms with E-state index in [-0.39, 0.29) is 0 Å². The lowest BCUT2D eigenvalue weighted by Crippen LogP contribution is -2.58. The van der Waals surface area contributed by atoms with E-state index < -0.39 is 0 Å². The van der Waals surface area contributed by atoms with Gasteiger partial charge < -0.3 is 0 Å². The van der Waals surface area contributed by atoms with Crippen molar-refractivity contribution in [1.29, 1.82) is 0 Å². The van der Waals surface area contributed by atoms with Crippen LogP contribution >= 0.6 is 9.12 Å². The Labute approximate surface area is 63.8 Å². The van der Waals surface area contributed by atoms with Crippen molar-refractivity contribution in [3.05, 3.63) is 0 Å². The molecule has 0 N–H and O–H groups in total. The fraction of sp³-hybridized carbons (Fsp3) is 1.00. The highest BCUT2D eigenvalue weighted by Gasteiger charge is 2.58. The van der Waals surface area contributed by atoms with Crippen LogP contribution < -0.4 is 0 Å². The quantitative estimate of drug-likeness (QED) is 0.492. The van der Waals surface area contributed by atoms with Crippen molar-refractivity contribution < 1.29 is 4.57 Å².